The van der Waals surface area contributed by atoms with Crippen LogP contribution in [0.15, 0.2) is 24.5 Å². The van der Waals surface area contributed by atoms with Crippen molar-refractivity contribution in [3.05, 3.63) is 30.1 Å². The first-order valence-corrected chi connectivity index (χ1v) is 10.7. The molecule has 1 unspecified atom stereocenters. The predicted molar refractivity (Wildman–Crippen MR) is 117 cm³/mol. The third kappa shape index (κ3) is 12.5. The van der Waals surface area contributed by atoms with E-state index in [2.05, 4.69) is 20.9 Å². The molecular formula is C22H34N4O6. The molecule has 0 saturated carbocycles. The van der Waals surface area contributed by atoms with E-state index in [0.717, 1.165) is 0 Å². The number of nitrogens with zero attached hydrogens (tertiary/aromatic N) is 1. The summed E-state index contributed by atoms with van der Waals surface area (Å²) in [5.74, 6) is -1.14. The number of aromatic nitrogens is 1. The molecule has 1 atom stereocenters. The van der Waals surface area contributed by atoms with Crippen molar-refractivity contribution in [2.45, 2.75) is 65.0 Å². The van der Waals surface area contributed by atoms with E-state index in [4.69, 9.17) is 9.47 Å². The van der Waals surface area contributed by atoms with Crippen LogP contribution in [0.5, 0.6) is 0 Å². The maximum atomic E-state index is 12.3. The van der Waals surface area contributed by atoms with Crippen LogP contribution in [0.3, 0.4) is 0 Å². The quantitative estimate of drug-likeness (QED) is 0.327. The first-order chi connectivity index (χ1) is 15.1. The highest BCUT2D eigenvalue weighted by molar-refractivity contribution is 5.85. The van der Waals surface area contributed by atoms with Crippen molar-refractivity contribution in [1.82, 2.24) is 20.9 Å². The lowest BCUT2D eigenvalue weighted by Crippen LogP contribution is -2.39. The molecule has 178 valence electrons. The highest BCUT2D eigenvalue weighted by Crippen LogP contribution is 2.16. The monoisotopic (exact) mass is 450 g/mol. The molecule has 1 aromatic rings. The molecule has 0 bridgehead atoms. The molecule has 0 aliphatic heterocycles. The third-order valence-electron chi connectivity index (χ3n) is 4.04. The average molecular weight is 451 g/mol. The highest BCUT2D eigenvalue weighted by Gasteiger charge is 2.20. The number of ether oxygens (including phenoxy) is 2. The van der Waals surface area contributed by atoms with Crippen molar-refractivity contribution >= 4 is 23.9 Å². The summed E-state index contributed by atoms with van der Waals surface area (Å²) in [5, 5.41) is 7.91. The van der Waals surface area contributed by atoms with Crippen molar-refractivity contribution in [2.24, 2.45) is 0 Å². The van der Waals surface area contributed by atoms with E-state index >= 15 is 0 Å². The number of nitrogens with one attached hydrogen (secondary N) is 3. The second-order valence-corrected chi connectivity index (χ2v) is 8.08. The largest absolute Gasteiger partial charge is 0.466 e. The van der Waals surface area contributed by atoms with Gasteiger partial charge in [0, 0.05) is 25.4 Å². The second kappa shape index (κ2) is 14.0. The summed E-state index contributed by atoms with van der Waals surface area (Å²) in [6.07, 6.45) is 3.99. The van der Waals surface area contributed by atoms with Gasteiger partial charge in [-0.2, -0.15) is 0 Å². The summed E-state index contributed by atoms with van der Waals surface area (Å²) in [6.45, 7) is 7.47. The topological polar surface area (TPSA) is 136 Å². The molecule has 32 heavy (non-hydrogen) atoms. The Balaban J connectivity index is 2.34. The van der Waals surface area contributed by atoms with Crippen LogP contribution < -0.4 is 16.0 Å². The van der Waals surface area contributed by atoms with Crippen LogP contribution in [0.25, 0.3) is 0 Å². The van der Waals surface area contributed by atoms with E-state index in [1.165, 1.54) is 0 Å². The number of hydrogen-bond acceptors (Lipinski definition) is 7. The molecule has 0 aromatic carbocycles. The Morgan fingerprint density at radius 3 is 2.47 bits per heavy atom. The molecule has 3 amide bonds. The Morgan fingerprint density at radius 2 is 1.84 bits per heavy atom. The fourth-order valence-electron chi connectivity index (χ4n) is 2.65. The number of pyridine rings is 1. The van der Waals surface area contributed by atoms with Crippen LogP contribution >= 0.6 is 0 Å². The molecule has 0 fully saturated rings. The van der Waals surface area contributed by atoms with Crippen molar-refractivity contribution in [2.75, 3.05) is 19.7 Å². The lowest BCUT2D eigenvalue weighted by atomic mass is 10.1. The first-order valence-electron chi connectivity index (χ1n) is 10.7. The summed E-state index contributed by atoms with van der Waals surface area (Å²) >= 11 is 0. The number of amides is 3. The molecule has 1 rings (SSSR count). The molecule has 1 heterocycles. The van der Waals surface area contributed by atoms with Gasteiger partial charge in [-0.05, 0) is 52.2 Å². The molecular weight excluding hydrogens is 416 g/mol. The van der Waals surface area contributed by atoms with Crippen molar-refractivity contribution < 1.29 is 28.7 Å². The fourth-order valence-corrected chi connectivity index (χ4v) is 2.65. The van der Waals surface area contributed by atoms with E-state index in [1.54, 1.807) is 52.2 Å². The first kappa shape index (κ1) is 26.9. The summed E-state index contributed by atoms with van der Waals surface area (Å²) in [5.41, 5.74) is 0.106. The average Bonchev–Trinajstić information content (AvgIpc) is 2.71. The van der Waals surface area contributed by atoms with E-state index in [9.17, 15) is 19.2 Å². The summed E-state index contributed by atoms with van der Waals surface area (Å²) < 4.78 is 10.1. The summed E-state index contributed by atoms with van der Waals surface area (Å²) in [7, 11) is 0. The maximum Gasteiger partial charge on any atom is 0.407 e. The lowest BCUT2D eigenvalue weighted by Gasteiger charge is -2.19. The number of carbonyl (C=O) groups is 4. The van der Waals surface area contributed by atoms with E-state index < -0.39 is 29.6 Å². The SMILES string of the molecule is CCOC(=O)CC(NC(=O)CNC(=O)CCCCNC(=O)OC(C)(C)C)c1cccnc1. The van der Waals surface area contributed by atoms with Crippen molar-refractivity contribution in [3.63, 3.8) is 0 Å². The van der Waals surface area contributed by atoms with Crippen LogP contribution in [0, 0.1) is 0 Å². The zero-order valence-corrected chi connectivity index (χ0v) is 19.2. The molecule has 1 aromatic heterocycles. The number of unbranched alkanes of at least 4 members (excludes halogenated alkanes) is 1. The van der Waals surface area contributed by atoms with Gasteiger partial charge in [0.15, 0.2) is 0 Å². The van der Waals surface area contributed by atoms with Gasteiger partial charge in [-0.25, -0.2) is 4.79 Å². The van der Waals surface area contributed by atoms with E-state index in [1.807, 2.05) is 0 Å². The normalized spacial score (nSPS) is 11.8. The Bertz CT molecular complexity index is 749. The van der Waals surface area contributed by atoms with Crippen LogP contribution in [0.2, 0.25) is 0 Å². The minimum absolute atomic E-state index is 0.0378. The van der Waals surface area contributed by atoms with Crippen LogP contribution in [0.4, 0.5) is 4.79 Å². The number of esters is 1. The van der Waals surface area contributed by atoms with Gasteiger partial charge < -0.3 is 25.4 Å². The Kier molecular flexibility index (Phi) is 11.8. The van der Waals surface area contributed by atoms with Crippen LogP contribution in [0.1, 0.15) is 65.0 Å². The van der Waals surface area contributed by atoms with Gasteiger partial charge in [0.1, 0.15) is 5.60 Å². The molecule has 0 spiro atoms. The molecule has 10 heteroatoms. The minimum atomic E-state index is -0.605. The van der Waals surface area contributed by atoms with Crippen LogP contribution in [-0.2, 0) is 23.9 Å². The molecule has 10 nitrogen and oxygen atoms in total. The van der Waals surface area contributed by atoms with E-state index in [-0.39, 0.29) is 31.9 Å². The smallest absolute Gasteiger partial charge is 0.407 e. The van der Waals surface area contributed by atoms with Gasteiger partial charge in [-0.3, -0.25) is 19.4 Å². The molecule has 0 saturated heterocycles. The lowest BCUT2D eigenvalue weighted by molar-refractivity contribution is -0.144. The zero-order valence-electron chi connectivity index (χ0n) is 19.2. The van der Waals surface area contributed by atoms with Crippen LogP contribution in [-0.4, -0.2) is 54.2 Å². The number of hydrogen-bond donors (Lipinski definition) is 3. The molecule has 0 aliphatic carbocycles. The standard InChI is InChI=1S/C22H34N4O6/c1-5-31-20(29)13-17(16-9-8-11-23-14-16)26-19(28)15-25-18(27)10-6-7-12-24-21(30)32-22(2,3)4/h8-9,11,14,17H,5-7,10,12-13,15H2,1-4H3,(H,24,30)(H,25,27)(H,26,28). The third-order valence-corrected chi connectivity index (χ3v) is 4.04. The van der Waals surface area contributed by atoms with Crippen molar-refractivity contribution in [3.8, 4) is 0 Å². The number of carbonyl (C=O) groups excluding carboxylic acids is 4. The van der Waals surface area contributed by atoms with Gasteiger partial charge >= 0.3 is 12.1 Å². The molecule has 0 radical (unpaired) electrons. The fraction of sp³-hybridized carbons (Fsp3) is 0.591. The molecule has 0 aliphatic rings. The number of rotatable bonds is 12. The Morgan fingerprint density at radius 1 is 1.09 bits per heavy atom. The maximum absolute atomic E-state index is 12.3. The Labute approximate surface area is 188 Å². The second-order valence-electron chi connectivity index (χ2n) is 8.08. The Hall–Kier alpha value is -3.17. The number of alkyl carbamates (subject to hydrolysis) is 1. The summed E-state index contributed by atoms with van der Waals surface area (Å²) in [6, 6.07) is 2.85. The zero-order chi connectivity index (χ0) is 24.0. The molecule has 3 N–H and O–H groups in total. The van der Waals surface area contributed by atoms with Gasteiger partial charge in [0.05, 0.1) is 25.6 Å². The van der Waals surface area contributed by atoms with Gasteiger partial charge in [-0.15, -0.1) is 0 Å². The summed E-state index contributed by atoms with van der Waals surface area (Å²) in [4.78, 5) is 51.6. The predicted octanol–water partition coefficient (Wildman–Crippen LogP) is 2.00. The van der Waals surface area contributed by atoms with Gasteiger partial charge in [0.2, 0.25) is 11.8 Å². The van der Waals surface area contributed by atoms with E-state index in [0.29, 0.717) is 24.9 Å². The highest BCUT2D eigenvalue weighted by atomic mass is 16.6. The van der Waals surface area contributed by atoms with Gasteiger partial charge in [-0.1, -0.05) is 6.07 Å². The van der Waals surface area contributed by atoms with Crippen molar-refractivity contribution in [1.29, 1.82) is 0 Å². The van der Waals surface area contributed by atoms with Gasteiger partial charge in [0.25, 0.3) is 0 Å². The minimum Gasteiger partial charge on any atom is -0.466 e.